The van der Waals surface area contributed by atoms with Crippen LogP contribution in [0.2, 0.25) is 0 Å². The Morgan fingerprint density at radius 2 is 1.77 bits per heavy atom. The summed E-state index contributed by atoms with van der Waals surface area (Å²) < 4.78 is 6.22. The van der Waals surface area contributed by atoms with E-state index in [9.17, 15) is 9.59 Å². The van der Waals surface area contributed by atoms with Crippen LogP contribution in [0.3, 0.4) is 0 Å². The number of methoxy groups -OCH3 is 1. The van der Waals surface area contributed by atoms with Gasteiger partial charge in [0.05, 0.1) is 35.1 Å². The molecule has 2 heterocycles. The summed E-state index contributed by atoms with van der Waals surface area (Å²) in [5.74, 6) is 0.336. The van der Waals surface area contributed by atoms with Crippen molar-refractivity contribution in [3.63, 3.8) is 0 Å². The van der Waals surface area contributed by atoms with E-state index in [1.54, 1.807) is 23.6 Å². The highest BCUT2D eigenvalue weighted by atomic mass is 32.1. The molecule has 30 heavy (non-hydrogen) atoms. The van der Waals surface area contributed by atoms with E-state index < -0.39 is 6.03 Å². The minimum Gasteiger partial charge on any atom is -0.495 e. The van der Waals surface area contributed by atoms with Gasteiger partial charge in [0.15, 0.2) is 10.3 Å². The molecular formula is C20H17N5O3S2. The number of aromatic nitrogens is 2. The van der Waals surface area contributed by atoms with Crippen molar-refractivity contribution in [2.45, 2.75) is 6.42 Å². The molecule has 0 aliphatic rings. The smallest absolute Gasteiger partial charge is 0.325 e. The number of hydrogen-bond acceptors (Lipinski definition) is 7. The van der Waals surface area contributed by atoms with Gasteiger partial charge in [-0.2, -0.15) is 0 Å². The lowest BCUT2D eigenvalue weighted by atomic mass is 10.3. The second-order valence-corrected chi connectivity index (χ2v) is 8.02. The van der Waals surface area contributed by atoms with Crippen molar-refractivity contribution in [2.75, 3.05) is 23.1 Å². The van der Waals surface area contributed by atoms with E-state index in [1.807, 2.05) is 30.3 Å². The van der Waals surface area contributed by atoms with Gasteiger partial charge in [-0.3, -0.25) is 10.1 Å². The van der Waals surface area contributed by atoms with E-state index in [0.29, 0.717) is 27.4 Å². The SMILES string of the molecule is COc1ccccc1NC(=O)Nc1nc(CC(=O)Nc2nc3ccccc3s2)cs1. The van der Waals surface area contributed by atoms with E-state index in [-0.39, 0.29) is 12.3 Å². The number of rotatable bonds is 6. The molecule has 3 amide bonds. The Bertz CT molecular complexity index is 1170. The standard InChI is InChI=1S/C20H17N5O3S2/c1-28-15-8-4-2-6-13(15)22-18(27)25-19-21-12(11-29-19)10-17(26)24-20-23-14-7-3-5-9-16(14)30-20/h2-9,11H,10H2,1H3,(H,23,24,26)(H2,21,22,25,27). The van der Waals surface area contributed by atoms with Gasteiger partial charge in [0.25, 0.3) is 0 Å². The van der Waals surface area contributed by atoms with E-state index in [0.717, 1.165) is 10.2 Å². The van der Waals surface area contributed by atoms with Crippen LogP contribution in [0.5, 0.6) is 5.75 Å². The molecule has 2 aromatic carbocycles. The largest absolute Gasteiger partial charge is 0.495 e. The van der Waals surface area contributed by atoms with Crippen molar-refractivity contribution in [2.24, 2.45) is 0 Å². The molecule has 4 aromatic rings. The lowest BCUT2D eigenvalue weighted by Gasteiger charge is -2.09. The predicted octanol–water partition coefficient (Wildman–Crippen LogP) is 4.59. The molecule has 8 nitrogen and oxygen atoms in total. The van der Waals surface area contributed by atoms with Crippen LogP contribution < -0.4 is 20.7 Å². The van der Waals surface area contributed by atoms with Crippen molar-refractivity contribution in [3.05, 3.63) is 59.6 Å². The molecule has 0 unspecified atom stereocenters. The molecule has 0 saturated carbocycles. The number of carbonyl (C=O) groups is 2. The summed E-state index contributed by atoms with van der Waals surface area (Å²) in [5, 5.41) is 10.8. The predicted molar refractivity (Wildman–Crippen MR) is 120 cm³/mol. The Morgan fingerprint density at radius 3 is 2.60 bits per heavy atom. The van der Waals surface area contributed by atoms with Gasteiger partial charge in [-0.1, -0.05) is 35.6 Å². The van der Waals surface area contributed by atoms with E-state index in [2.05, 4.69) is 25.9 Å². The van der Waals surface area contributed by atoms with Crippen LogP contribution in [0.4, 0.5) is 20.7 Å². The number of carbonyl (C=O) groups excluding carboxylic acids is 2. The molecule has 4 rings (SSSR count). The van der Waals surface area contributed by atoms with E-state index in [4.69, 9.17) is 4.74 Å². The van der Waals surface area contributed by atoms with Gasteiger partial charge < -0.3 is 15.4 Å². The lowest BCUT2D eigenvalue weighted by Crippen LogP contribution is -2.20. The van der Waals surface area contributed by atoms with Crippen molar-refractivity contribution >= 4 is 60.8 Å². The quantitative estimate of drug-likeness (QED) is 0.408. The number of thiazole rings is 2. The maximum Gasteiger partial charge on any atom is 0.325 e. The normalized spacial score (nSPS) is 10.6. The van der Waals surface area contributed by atoms with Gasteiger partial charge in [-0.25, -0.2) is 14.8 Å². The molecule has 0 bridgehead atoms. The first-order chi connectivity index (χ1) is 14.6. The topological polar surface area (TPSA) is 105 Å². The fraction of sp³-hybridized carbons (Fsp3) is 0.100. The van der Waals surface area contributed by atoms with Gasteiger partial charge >= 0.3 is 6.03 Å². The number of urea groups is 1. The summed E-state index contributed by atoms with van der Waals surface area (Å²) in [6.07, 6.45) is 0.0855. The summed E-state index contributed by atoms with van der Waals surface area (Å²) in [4.78, 5) is 33.2. The zero-order valence-corrected chi connectivity index (χ0v) is 17.5. The first kappa shape index (κ1) is 19.8. The van der Waals surface area contributed by atoms with Crippen molar-refractivity contribution in [3.8, 4) is 5.75 Å². The number of hydrogen-bond donors (Lipinski definition) is 3. The Morgan fingerprint density at radius 1 is 0.967 bits per heavy atom. The second kappa shape index (κ2) is 8.89. The van der Waals surface area contributed by atoms with Gasteiger partial charge in [0.1, 0.15) is 5.75 Å². The first-order valence-corrected chi connectivity index (χ1v) is 10.6. The van der Waals surface area contributed by atoms with Crippen molar-refractivity contribution in [1.82, 2.24) is 9.97 Å². The van der Waals surface area contributed by atoms with Gasteiger partial charge in [-0.05, 0) is 24.3 Å². The molecular weight excluding hydrogens is 422 g/mol. The second-order valence-electron chi connectivity index (χ2n) is 6.14. The number of amides is 3. The zero-order valence-electron chi connectivity index (χ0n) is 15.8. The molecule has 0 aliphatic carbocycles. The van der Waals surface area contributed by atoms with Crippen LogP contribution in [-0.2, 0) is 11.2 Å². The maximum absolute atomic E-state index is 12.3. The minimum atomic E-state index is -0.445. The van der Waals surface area contributed by atoms with Crippen LogP contribution >= 0.6 is 22.7 Å². The van der Waals surface area contributed by atoms with Crippen molar-refractivity contribution < 1.29 is 14.3 Å². The first-order valence-electron chi connectivity index (χ1n) is 8.91. The van der Waals surface area contributed by atoms with Crippen LogP contribution in [0.1, 0.15) is 5.69 Å². The average Bonchev–Trinajstić information content (AvgIpc) is 3.34. The molecule has 0 aliphatic heterocycles. The third-order valence-corrected chi connectivity index (χ3v) is 5.77. The van der Waals surface area contributed by atoms with Gasteiger partial charge in [0.2, 0.25) is 5.91 Å². The average molecular weight is 440 g/mol. The number of anilines is 3. The van der Waals surface area contributed by atoms with Crippen molar-refractivity contribution in [1.29, 1.82) is 0 Å². The Kier molecular flexibility index (Phi) is 5.87. The maximum atomic E-state index is 12.3. The zero-order chi connectivity index (χ0) is 20.9. The number of nitrogens with zero attached hydrogens (tertiary/aromatic N) is 2. The Labute approximate surface area is 179 Å². The monoisotopic (exact) mass is 439 g/mol. The van der Waals surface area contributed by atoms with Gasteiger partial charge in [-0.15, -0.1) is 11.3 Å². The highest BCUT2D eigenvalue weighted by Crippen LogP contribution is 2.26. The minimum absolute atomic E-state index is 0.0855. The van der Waals surface area contributed by atoms with Crippen LogP contribution in [-0.4, -0.2) is 29.0 Å². The highest BCUT2D eigenvalue weighted by Gasteiger charge is 2.13. The van der Waals surface area contributed by atoms with Crippen LogP contribution in [0.25, 0.3) is 10.2 Å². The van der Waals surface area contributed by atoms with Crippen LogP contribution in [0, 0.1) is 0 Å². The molecule has 0 atom stereocenters. The molecule has 10 heteroatoms. The summed E-state index contributed by atoms with van der Waals surface area (Å²) in [6.45, 7) is 0. The highest BCUT2D eigenvalue weighted by molar-refractivity contribution is 7.22. The summed E-state index contributed by atoms with van der Waals surface area (Å²) in [6, 6.07) is 14.3. The molecule has 152 valence electrons. The summed E-state index contributed by atoms with van der Waals surface area (Å²) in [5.41, 5.74) is 1.95. The molecule has 0 saturated heterocycles. The molecule has 0 radical (unpaired) electrons. The van der Waals surface area contributed by atoms with E-state index >= 15 is 0 Å². The molecule has 2 aromatic heterocycles. The summed E-state index contributed by atoms with van der Waals surface area (Å²) in [7, 11) is 1.53. The Balaban J connectivity index is 1.33. The summed E-state index contributed by atoms with van der Waals surface area (Å²) >= 11 is 2.66. The molecule has 0 spiro atoms. The fourth-order valence-electron chi connectivity index (χ4n) is 2.70. The van der Waals surface area contributed by atoms with Crippen LogP contribution in [0.15, 0.2) is 53.9 Å². The third kappa shape index (κ3) is 4.73. The number of para-hydroxylation sites is 3. The number of benzene rings is 2. The fourth-order valence-corrected chi connectivity index (χ4v) is 4.29. The number of fused-ring (bicyclic) bond motifs is 1. The molecule has 3 N–H and O–H groups in total. The van der Waals surface area contributed by atoms with E-state index in [1.165, 1.54) is 29.8 Å². The lowest BCUT2D eigenvalue weighted by molar-refractivity contribution is -0.115. The molecule has 0 fully saturated rings. The number of ether oxygens (including phenoxy) is 1. The third-order valence-electron chi connectivity index (χ3n) is 4.01. The Hall–Kier alpha value is -3.50. The number of nitrogens with one attached hydrogen (secondary N) is 3. The van der Waals surface area contributed by atoms with Gasteiger partial charge in [0, 0.05) is 5.38 Å².